The van der Waals surface area contributed by atoms with Gasteiger partial charge in [-0.3, -0.25) is 9.69 Å². The van der Waals surface area contributed by atoms with Crippen molar-refractivity contribution in [2.45, 2.75) is 6.54 Å². The molecule has 3 heterocycles. The Morgan fingerprint density at radius 1 is 1.22 bits per heavy atom. The number of aromatic nitrogens is 2. The lowest BCUT2D eigenvalue weighted by molar-refractivity contribution is 0.0618. The highest BCUT2D eigenvalue weighted by Crippen LogP contribution is 2.24. The highest BCUT2D eigenvalue weighted by molar-refractivity contribution is 7.13. The van der Waals surface area contributed by atoms with Crippen molar-refractivity contribution in [1.82, 2.24) is 20.0 Å². The molecule has 0 spiro atoms. The van der Waals surface area contributed by atoms with Gasteiger partial charge in [0, 0.05) is 26.2 Å². The van der Waals surface area contributed by atoms with Gasteiger partial charge in [0.25, 0.3) is 11.8 Å². The molecule has 1 amide bonds. The first kappa shape index (κ1) is 18.1. The minimum atomic E-state index is -0.456. The molecule has 140 valence electrons. The van der Waals surface area contributed by atoms with Gasteiger partial charge in [0.2, 0.25) is 5.89 Å². The zero-order valence-corrected chi connectivity index (χ0v) is 15.8. The number of piperazine rings is 1. The quantitative estimate of drug-likeness (QED) is 0.663. The molecule has 0 saturated carbocycles. The Balaban J connectivity index is 1.34. The van der Waals surface area contributed by atoms with Gasteiger partial charge in [0.1, 0.15) is 5.82 Å². The SMILES string of the molecule is O=C(c1ccc(F)cc1Cl)N1CCN(Cc2nnc(-c3cccs3)o2)CC1. The van der Waals surface area contributed by atoms with E-state index in [4.69, 9.17) is 16.0 Å². The molecule has 0 atom stereocenters. The number of rotatable bonds is 4. The van der Waals surface area contributed by atoms with E-state index in [0.29, 0.717) is 50.1 Å². The summed E-state index contributed by atoms with van der Waals surface area (Å²) in [6.07, 6.45) is 0. The molecule has 27 heavy (non-hydrogen) atoms. The van der Waals surface area contributed by atoms with Gasteiger partial charge in [-0.05, 0) is 29.6 Å². The Morgan fingerprint density at radius 3 is 2.74 bits per heavy atom. The van der Waals surface area contributed by atoms with Crippen LogP contribution in [-0.4, -0.2) is 52.1 Å². The lowest BCUT2D eigenvalue weighted by atomic mass is 10.1. The first-order valence-electron chi connectivity index (χ1n) is 8.43. The minimum Gasteiger partial charge on any atom is -0.419 e. The van der Waals surface area contributed by atoms with Crippen LogP contribution in [0.4, 0.5) is 4.39 Å². The van der Waals surface area contributed by atoms with Crippen LogP contribution < -0.4 is 0 Å². The van der Waals surface area contributed by atoms with Crippen LogP contribution in [0.1, 0.15) is 16.2 Å². The summed E-state index contributed by atoms with van der Waals surface area (Å²) in [7, 11) is 0. The third-order valence-electron chi connectivity index (χ3n) is 4.38. The van der Waals surface area contributed by atoms with Crippen molar-refractivity contribution in [3.63, 3.8) is 0 Å². The minimum absolute atomic E-state index is 0.134. The van der Waals surface area contributed by atoms with Crippen LogP contribution in [0.3, 0.4) is 0 Å². The monoisotopic (exact) mass is 406 g/mol. The molecule has 1 saturated heterocycles. The molecule has 0 bridgehead atoms. The Labute approximate surface area is 164 Å². The van der Waals surface area contributed by atoms with Gasteiger partial charge in [0.05, 0.1) is 22.0 Å². The summed E-state index contributed by atoms with van der Waals surface area (Å²) in [6, 6.07) is 7.71. The maximum atomic E-state index is 13.2. The van der Waals surface area contributed by atoms with Gasteiger partial charge in [-0.15, -0.1) is 21.5 Å². The summed E-state index contributed by atoms with van der Waals surface area (Å²) in [4.78, 5) is 17.4. The second-order valence-electron chi connectivity index (χ2n) is 6.17. The average Bonchev–Trinajstić information content (AvgIpc) is 3.33. The molecule has 2 aromatic heterocycles. The van der Waals surface area contributed by atoms with Crippen molar-refractivity contribution < 1.29 is 13.6 Å². The summed E-state index contributed by atoms with van der Waals surface area (Å²) in [5.74, 6) is 0.444. The lowest BCUT2D eigenvalue weighted by Crippen LogP contribution is -2.48. The largest absolute Gasteiger partial charge is 0.419 e. The van der Waals surface area contributed by atoms with E-state index >= 15 is 0 Å². The maximum Gasteiger partial charge on any atom is 0.257 e. The van der Waals surface area contributed by atoms with Crippen molar-refractivity contribution in [3.05, 3.63) is 58.0 Å². The highest BCUT2D eigenvalue weighted by atomic mass is 35.5. The third-order valence-corrected chi connectivity index (χ3v) is 5.55. The van der Waals surface area contributed by atoms with Gasteiger partial charge in [-0.1, -0.05) is 17.7 Å². The molecule has 1 aliphatic rings. The van der Waals surface area contributed by atoms with Crippen molar-refractivity contribution in [3.8, 4) is 10.8 Å². The van der Waals surface area contributed by atoms with E-state index in [0.717, 1.165) is 10.9 Å². The number of hydrogen-bond acceptors (Lipinski definition) is 6. The Morgan fingerprint density at radius 2 is 2.04 bits per heavy atom. The molecule has 1 aromatic carbocycles. The molecular weight excluding hydrogens is 391 g/mol. The van der Waals surface area contributed by atoms with E-state index in [1.165, 1.54) is 12.1 Å². The molecule has 6 nitrogen and oxygen atoms in total. The van der Waals surface area contributed by atoms with Crippen LogP contribution in [0.25, 0.3) is 10.8 Å². The summed E-state index contributed by atoms with van der Waals surface area (Å²) in [5.41, 5.74) is 0.323. The number of hydrogen-bond donors (Lipinski definition) is 0. The molecule has 1 aliphatic heterocycles. The van der Waals surface area contributed by atoms with Crippen LogP contribution in [0.15, 0.2) is 40.1 Å². The number of halogens is 2. The molecule has 4 rings (SSSR count). The van der Waals surface area contributed by atoms with E-state index < -0.39 is 5.82 Å². The predicted molar refractivity (Wildman–Crippen MR) is 100 cm³/mol. The molecule has 0 N–H and O–H groups in total. The normalized spacial score (nSPS) is 15.3. The molecular formula is C18H16ClFN4O2S. The number of benzene rings is 1. The Kier molecular flexibility index (Phi) is 5.20. The average molecular weight is 407 g/mol. The van der Waals surface area contributed by atoms with Crippen molar-refractivity contribution >= 4 is 28.8 Å². The summed E-state index contributed by atoms with van der Waals surface area (Å²) >= 11 is 7.55. The Bertz CT molecular complexity index is 939. The molecule has 3 aromatic rings. The molecule has 9 heteroatoms. The van der Waals surface area contributed by atoms with Crippen LogP contribution in [0, 0.1) is 5.82 Å². The van der Waals surface area contributed by atoms with E-state index in [9.17, 15) is 9.18 Å². The van der Waals surface area contributed by atoms with Gasteiger partial charge in [-0.2, -0.15) is 0 Å². The fraction of sp³-hybridized carbons (Fsp3) is 0.278. The van der Waals surface area contributed by atoms with Gasteiger partial charge in [-0.25, -0.2) is 4.39 Å². The zero-order valence-electron chi connectivity index (χ0n) is 14.3. The van der Waals surface area contributed by atoms with Crippen molar-refractivity contribution in [1.29, 1.82) is 0 Å². The number of carbonyl (C=O) groups excluding carboxylic acids is 1. The predicted octanol–water partition coefficient (Wildman–Crippen LogP) is 3.55. The van der Waals surface area contributed by atoms with Gasteiger partial charge >= 0.3 is 0 Å². The van der Waals surface area contributed by atoms with Crippen LogP contribution in [0.2, 0.25) is 5.02 Å². The van der Waals surface area contributed by atoms with Crippen molar-refractivity contribution in [2.75, 3.05) is 26.2 Å². The fourth-order valence-electron chi connectivity index (χ4n) is 2.95. The van der Waals surface area contributed by atoms with Crippen LogP contribution >= 0.6 is 22.9 Å². The first-order valence-corrected chi connectivity index (χ1v) is 9.69. The number of nitrogens with zero attached hydrogens (tertiary/aromatic N) is 4. The second kappa shape index (κ2) is 7.75. The number of carbonyl (C=O) groups is 1. The molecule has 0 radical (unpaired) electrons. The third kappa shape index (κ3) is 4.02. The zero-order chi connectivity index (χ0) is 18.8. The molecule has 0 unspecified atom stereocenters. The van der Waals surface area contributed by atoms with Gasteiger partial charge in [0.15, 0.2) is 0 Å². The summed E-state index contributed by atoms with van der Waals surface area (Å²) in [6.45, 7) is 3.01. The topological polar surface area (TPSA) is 62.5 Å². The summed E-state index contributed by atoms with van der Waals surface area (Å²) in [5, 5.41) is 10.3. The van der Waals surface area contributed by atoms with Crippen LogP contribution in [0.5, 0.6) is 0 Å². The first-order chi connectivity index (χ1) is 13.1. The molecule has 1 fully saturated rings. The highest BCUT2D eigenvalue weighted by Gasteiger charge is 2.25. The standard InChI is InChI=1S/C18H16ClFN4O2S/c19-14-10-12(20)3-4-13(14)18(25)24-7-5-23(6-8-24)11-16-21-22-17(26-16)15-2-1-9-27-15/h1-4,9-10H,5-8,11H2. The molecule has 0 aliphatic carbocycles. The summed E-state index contributed by atoms with van der Waals surface area (Å²) < 4.78 is 18.9. The van der Waals surface area contributed by atoms with E-state index in [1.807, 2.05) is 17.5 Å². The second-order valence-corrected chi connectivity index (χ2v) is 7.53. The smallest absolute Gasteiger partial charge is 0.257 e. The number of amides is 1. The maximum absolute atomic E-state index is 13.2. The van der Waals surface area contributed by atoms with E-state index in [2.05, 4.69) is 15.1 Å². The fourth-order valence-corrected chi connectivity index (χ4v) is 3.84. The van der Waals surface area contributed by atoms with E-state index in [-0.39, 0.29) is 10.9 Å². The Hall–Kier alpha value is -2.29. The van der Waals surface area contributed by atoms with E-state index in [1.54, 1.807) is 16.2 Å². The van der Waals surface area contributed by atoms with Crippen molar-refractivity contribution in [2.24, 2.45) is 0 Å². The lowest BCUT2D eigenvalue weighted by Gasteiger charge is -2.34. The van der Waals surface area contributed by atoms with Gasteiger partial charge < -0.3 is 9.32 Å². The number of thiophene rings is 1. The van der Waals surface area contributed by atoms with Crippen LogP contribution in [-0.2, 0) is 6.54 Å².